The Balaban J connectivity index is 2.91. The van der Waals surface area contributed by atoms with Crippen molar-refractivity contribution in [1.29, 1.82) is 0 Å². The van der Waals surface area contributed by atoms with Crippen molar-refractivity contribution in [1.82, 2.24) is 10.2 Å². The monoisotopic (exact) mass is 400 g/mol. The number of rotatable bonds is 7. The lowest BCUT2D eigenvalue weighted by atomic mass is 9.72. The number of carboxylic acid groups (broad SMARTS) is 1. The van der Waals surface area contributed by atoms with Gasteiger partial charge in [-0.15, -0.1) is 0 Å². The van der Waals surface area contributed by atoms with Crippen LogP contribution in [0.3, 0.4) is 0 Å². The van der Waals surface area contributed by atoms with Gasteiger partial charge < -0.3 is 30.1 Å². The molecule has 28 heavy (non-hydrogen) atoms. The summed E-state index contributed by atoms with van der Waals surface area (Å²) in [6.07, 6.45) is 0.467. The summed E-state index contributed by atoms with van der Waals surface area (Å²) in [6, 6.07) is -0.824. The fourth-order valence-electron chi connectivity index (χ4n) is 3.47. The van der Waals surface area contributed by atoms with Crippen LogP contribution in [0.15, 0.2) is 0 Å². The third-order valence-electron chi connectivity index (χ3n) is 4.82. The molecular weight excluding hydrogens is 367 g/mol. The Morgan fingerprint density at radius 2 is 1.93 bits per heavy atom. The quantitative estimate of drug-likeness (QED) is 0.470. The summed E-state index contributed by atoms with van der Waals surface area (Å²) in [5.74, 6) is -1.55. The standard InChI is InChI=1S/C18H33BN2O7/c1-6-13(20-16(25)28-17(2,3)4)14(22)21-10-12(7-8-19(26)27)9-18(5,11-21)15(23)24/h12-13,26-27H,6-11H2,1-5H3,(H,20,25)(H,23,24)/t12-,13-,18-/m0/s1. The molecule has 1 saturated heterocycles. The first-order valence-electron chi connectivity index (χ1n) is 9.65. The number of aliphatic carboxylic acids is 1. The molecule has 0 unspecified atom stereocenters. The molecule has 0 aromatic rings. The molecule has 0 saturated carbocycles. The molecule has 1 aliphatic heterocycles. The van der Waals surface area contributed by atoms with Crippen molar-refractivity contribution < 1.29 is 34.3 Å². The van der Waals surface area contributed by atoms with Gasteiger partial charge in [-0.3, -0.25) is 9.59 Å². The van der Waals surface area contributed by atoms with E-state index < -0.39 is 36.2 Å². The summed E-state index contributed by atoms with van der Waals surface area (Å²) in [4.78, 5) is 38.3. The van der Waals surface area contributed by atoms with E-state index in [1.807, 2.05) is 0 Å². The second kappa shape index (κ2) is 9.60. The average molecular weight is 400 g/mol. The maximum Gasteiger partial charge on any atom is 0.451 e. The lowest BCUT2D eigenvalue weighted by molar-refractivity contribution is -0.156. The van der Waals surface area contributed by atoms with Crippen molar-refractivity contribution in [2.45, 2.75) is 71.8 Å². The smallest absolute Gasteiger partial charge is 0.451 e. The van der Waals surface area contributed by atoms with Crippen molar-refractivity contribution in [2.75, 3.05) is 13.1 Å². The molecule has 0 bridgehead atoms. The number of carbonyl (C=O) groups excluding carboxylic acids is 2. The largest absolute Gasteiger partial charge is 0.481 e. The van der Waals surface area contributed by atoms with Crippen LogP contribution < -0.4 is 5.32 Å². The molecule has 1 aliphatic rings. The second-order valence-electron chi connectivity index (χ2n) is 8.82. The molecular formula is C18H33BN2O7. The zero-order valence-corrected chi connectivity index (χ0v) is 17.4. The van der Waals surface area contributed by atoms with Crippen LogP contribution in [-0.4, -0.2) is 69.9 Å². The van der Waals surface area contributed by atoms with Gasteiger partial charge in [0, 0.05) is 13.1 Å². The summed E-state index contributed by atoms with van der Waals surface area (Å²) in [6.45, 7) is 8.83. The Morgan fingerprint density at radius 1 is 1.32 bits per heavy atom. The molecule has 0 aromatic heterocycles. The van der Waals surface area contributed by atoms with Crippen LogP contribution in [0.4, 0.5) is 4.79 Å². The Labute approximate surface area is 166 Å². The highest BCUT2D eigenvalue weighted by Crippen LogP contribution is 2.35. The third-order valence-corrected chi connectivity index (χ3v) is 4.82. The Kier molecular flexibility index (Phi) is 8.31. The van der Waals surface area contributed by atoms with Crippen molar-refractivity contribution >= 4 is 25.1 Å². The molecule has 3 atom stereocenters. The minimum absolute atomic E-state index is 0.0336. The van der Waals surface area contributed by atoms with Gasteiger partial charge in [-0.05, 0) is 52.8 Å². The van der Waals surface area contributed by atoms with Crippen LogP contribution in [-0.2, 0) is 14.3 Å². The van der Waals surface area contributed by atoms with E-state index >= 15 is 0 Å². The molecule has 2 amide bonds. The van der Waals surface area contributed by atoms with Crippen LogP contribution in [0.5, 0.6) is 0 Å². The van der Waals surface area contributed by atoms with Crippen LogP contribution >= 0.6 is 0 Å². The van der Waals surface area contributed by atoms with Crippen molar-refractivity contribution in [3.05, 3.63) is 0 Å². The summed E-state index contributed by atoms with van der Waals surface area (Å²) < 4.78 is 5.20. The Hall–Kier alpha value is -1.81. The van der Waals surface area contributed by atoms with E-state index in [0.717, 1.165) is 0 Å². The van der Waals surface area contributed by atoms with Gasteiger partial charge in [-0.2, -0.15) is 0 Å². The fraction of sp³-hybridized carbons (Fsp3) is 0.833. The Morgan fingerprint density at radius 3 is 2.39 bits per heavy atom. The van der Waals surface area contributed by atoms with Gasteiger partial charge in [0.2, 0.25) is 5.91 Å². The summed E-state index contributed by atoms with van der Waals surface area (Å²) >= 11 is 0. The van der Waals surface area contributed by atoms with Crippen molar-refractivity contribution in [3.63, 3.8) is 0 Å². The summed E-state index contributed by atoms with van der Waals surface area (Å²) in [7, 11) is -1.47. The number of hydrogen-bond acceptors (Lipinski definition) is 6. The van der Waals surface area contributed by atoms with E-state index in [-0.39, 0.29) is 24.7 Å². The predicted molar refractivity (Wildman–Crippen MR) is 103 cm³/mol. The highest BCUT2D eigenvalue weighted by atomic mass is 16.6. The van der Waals surface area contributed by atoms with E-state index in [1.54, 1.807) is 34.6 Å². The van der Waals surface area contributed by atoms with Gasteiger partial charge in [-0.25, -0.2) is 4.79 Å². The second-order valence-corrected chi connectivity index (χ2v) is 8.82. The van der Waals surface area contributed by atoms with Crippen LogP contribution in [0.25, 0.3) is 0 Å². The van der Waals surface area contributed by atoms with E-state index in [9.17, 15) is 19.5 Å². The average Bonchev–Trinajstić information content (AvgIpc) is 2.55. The molecule has 0 radical (unpaired) electrons. The van der Waals surface area contributed by atoms with Gasteiger partial charge in [0.1, 0.15) is 11.6 Å². The van der Waals surface area contributed by atoms with Gasteiger partial charge in [0.25, 0.3) is 0 Å². The Bertz CT molecular complexity index is 579. The number of ether oxygens (including phenoxy) is 1. The zero-order valence-electron chi connectivity index (χ0n) is 17.4. The number of hydrogen-bond donors (Lipinski definition) is 4. The van der Waals surface area contributed by atoms with Gasteiger partial charge in [0.15, 0.2) is 0 Å². The first kappa shape index (κ1) is 24.2. The maximum absolute atomic E-state index is 13.0. The molecule has 1 rings (SSSR count). The van der Waals surface area contributed by atoms with Gasteiger partial charge >= 0.3 is 19.2 Å². The normalized spacial score (nSPS) is 23.7. The minimum atomic E-state index is -1.47. The topological polar surface area (TPSA) is 136 Å². The number of nitrogens with zero attached hydrogens (tertiary/aromatic N) is 1. The van der Waals surface area contributed by atoms with E-state index in [0.29, 0.717) is 25.8 Å². The lowest BCUT2D eigenvalue weighted by Gasteiger charge is -2.43. The minimum Gasteiger partial charge on any atom is -0.481 e. The zero-order chi connectivity index (χ0) is 21.7. The molecule has 1 fully saturated rings. The number of amides is 2. The lowest BCUT2D eigenvalue weighted by Crippen LogP contribution is -2.57. The maximum atomic E-state index is 13.0. The van der Waals surface area contributed by atoms with Crippen molar-refractivity contribution in [3.8, 4) is 0 Å². The number of carbonyl (C=O) groups is 3. The fourth-order valence-corrected chi connectivity index (χ4v) is 3.47. The molecule has 0 aromatic carbocycles. The molecule has 1 heterocycles. The van der Waals surface area contributed by atoms with E-state index in [4.69, 9.17) is 14.8 Å². The molecule has 160 valence electrons. The summed E-state index contributed by atoms with van der Waals surface area (Å²) in [5, 5.41) is 30.4. The van der Waals surface area contributed by atoms with Gasteiger partial charge in [0.05, 0.1) is 5.41 Å². The highest BCUT2D eigenvalue weighted by molar-refractivity contribution is 6.40. The molecule has 9 nitrogen and oxygen atoms in total. The molecule has 0 aliphatic carbocycles. The van der Waals surface area contributed by atoms with Crippen molar-refractivity contribution in [2.24, 2.45) is 11.3 Å². The van der Waals surface area contributed by atoms with Gasteiger partial charge in [-0.1, -0.05) is 13.3 Å². The summed E-state index contributed by atoms with van der Waals surface area (Å²) in [5.41, 5.74) is -1.84. The number of carboxylic acids is 1. The number of piperidine rings is 1. The molecule has 10 heteroatoms. The first-order valence-corrected chi connectivity index (χ1v) is 9.65. The SMILES string of the molecule is CC[C@H](NC(=O)OC(C)(C)C)C(=O)N1C[C@@H](CCB(O)O)C[C@](C)(C(=O)O)C1. The third kappa shape index (κ3) is 7.31. The predicted octanol–water partition coefficient (Wildman–Crippen LogP) is 1.09. The van der Waals surface area contributed by atoms with E-state index in [2.05, 4.69) is 5.32 Å². The van der Waals surface area contributed by atoms with E-state index in [1.165, 1.54) is 4.90 Å². The van der Waals surface area contributed by atoms with Crippen LogP contribution in [0.2, 0.25) is 6.32 Å². The number of alkyl carbamates (subject to hydrolysis) is 1. The number of nitrogens with one attached hydrogen (secondary N) is 1. The van der Waals surface area contributed by atoms with Crippen LogP contribution in [0.1, 0.15) is 53.9 Å². The number of likely N-dealkylation sites (tertiary alicyclic amines) is 1. The first-order chi connectivity index (χ1) is 12.8. The molecule has 4 N–H and O–H groups in total. The highest BCUT2D eigenvalue weighted by Gasteiger charge is 2.44. The molecule has 0 spiro atoms. The van der Waals surface area contributed by atoms with Crippen LogP contribution in [0, 0.1) is 11.3 Å².